The van der Waals surface area contributed by atoms with Gasteiger partial charge in [0.2, 0.25) is 0 Å². The first-order valence-electron chi connectivity index (χ1n) is 11.1. The predicted octanol–water partition coefficient (Wildman–Crippen LogP) is 1.96. The molecule has 1 saturated heterocycles. The number of carbonyl (C=O) groups excluding carboxylic acids is 1. The van der Waals surface area contributed by atoms with Crippen molar-refractivity contribution in [2.45, 2.75) is 26.2 Å². The second kappa shape index (κ2) is 9.95. The van der Waals surface area contributed by atoms with Gasteiger partial charge in [-0.25, -0.2) is 0 Å². The van der Waals surface area contributed by atoms with Crippen LogP contribution in [0.15, 0.2) is 47.3 Å². The Morgan fingerprint density at radius 2 is 1.91 bits per heavy atom. The van der Waals surface area contributed by atoms with Crippen molar-refractivity contribution in [3.8, 4) is 11.8 Å². The van der Waals surface area contributed by atoms with E-state index >= 15 is 0 Å². The van der Waals surface area contributed by atoms with Crippen LogP contribution >= 0.6 is 11.3 Å². The van der Waals surface area contributed by atoms with Gasteiger partial charge in [0, 0.05) is 19.2 Å². The average molecular weight is 490 g/mol. The van der Waals surface area contributed by atoms with Crippen LogP contribution < -0.4 is 25.4 Å². The zero-order chi connectivity index (χ0) is 25.1. The van der Waals surface area contributed by atoms with Crippen LogP contribution in [0.2, 0.25) is 0 Å². The van der Waals surface area contributed by atoms with E-state index in [4.69, 9.17) is 5.73 Å². The number of hydrogen-bond donors (Lipinski definition) is 1. The number of hydrogen-bond acceptors (Lipinski definition) is 7. The monoisotopic (exact) mass is 489 g/mol. The van der Waals surface area contributed by atoms with Crippen LogP contribution in [0.1, 0.15) is 30.9 Å². The molecule has 1 aromatic heterocycles. The van der Waals surface area contributed by atoms with Gasteiger partial charge in [0.25, 0.3) is 17.2 Å². The molecular weight excluding hydrogens is 466 g/mol. The maximum atomic E-state index is 13.4. The van der Waals surface area contributed by atoms with Crippen molar-refractivity contribution < 1.29 is 9.72 Å². The van der Waals surface area contributed by atoms with Crippen LogP contribution in [-0.2, 0) is 11.2 Å². The fourth-order valence-corrected chi connectivity index (χ4v) is 5.24. The van der Waals surface area contributed by atoms with Gasteiger partial charge < -0.3 is 10.6 Å². The Labute approximate surface area is 204 Å². The average Bonchev–Trinajstić information content (AvgIpc) is 3.48. The van der Waals surface area contributed by atoms with Crippen molar-refractivity contribution in [3.63, 3.8) is 0 Å². The molecule has 1 fully saturated rings. The molecule has 3 aromatic rings. The molecule has 0 bridgehead atoms. The standard InChI is InChI=1S/C25H23N5O4S/c1-2-16-5-8-18(9-6-16)29-24(32)22(35-25(29)19(15-26)23(27)31)14-17-7-10-20(21(13-17)30(33)34)28-11-3-4-12-28/h5-10,13-14H,2-4,11-12H2,1H3,(H2,27,31)/b22-14+,25-19-. The van der Waals surface area contributed by atoms with Gasteiger partial charge in [0.05, 0.1) is 15.1 Å². The van der Waals surface area contributed by atoms with Crippen LogP contribution in [0.25, 0.3) is 17.3 Å². The summed E-state index contributed by atoms with van der Waals surface area (Å²) in [5.41, 5.74) is 7.18. The first-order chi connectivity index (χ1) is 16.8. The van der Waals surface area contributed by atoms with Crippen LogP contribution in [0, 0.1) is 21.4 Å². The second-order valence-electron chi connectivity index (χ2n) is 8.13. The summed E-state index contributed by atoms with van der Waals surface area (Å²) in [6.45, 7) is 3.53. The molecule has 0 atom stereocenters. The van der Waals surface area contributed by atoms with E-state index in [1.165, 1.54) is 16.7 Å². The maximum absolute atomic E-state index is 13.4. The molecule has 0 saturated carbocycles. The van der Waals surface area contributed by atoms with Gasteiger partial charge >= 0.3 is 0 Å². The van der Waals surface area contributed by atoms with Crippen LogP contribution in [0.4, 0.5) is 11.4 Å². The summed E-state index contributed by atoms with van der Waals surface area (Å²) in [6.07, 6.45) is 4.32. The fourth-order valence-electron chi connectivity index (χ4n) is 4.13. The molecular formula is C25H23N5O4S. The number of rotatable bonds is 6. The number of benzene rings is 2. The Bertz CT molecular complexity index is 1520. The molecule has 9 nitrogen and oxygen atoms in total. The molecule has 2 heterocycles. The Kier molecular flexibility index (Phi) is 6.80. The maximum Gasteiger partial charge on any atom is 0.293 e. The van der Waals surface area contributed by atoms with Gasteiger partial charge in [-0.3, -0.25) is 24.3 Å². The number of aromatic nitrogens is 1. The summed E-state index contributed by atoms with van der Waals surface area (Å²) in [5, 5.41) is 21.3. The number of nitrogens with zero attached hydrogens (tertiary/aromatic N) is 4. The van der Waals surface area contributed by atoms with Gasteiger partial charge in [0.1, 0.15) is 16.4 Å². The van der Waals surface area contributed by atoms with Crippen LogP contribution in [-0.4, -0.2) is 28.5 Å². The van der Waals surface area contributed by atoms with E-state index < -0.39 is 16.4 Å². The third-order valence-electron chi connectivity index (χ3n) is 5.94. The molecule has 0 radical (unpaired) electrons. The summed E-state index contributed by atoms with van der Waals surface area (Å²) in [6, 6.07) is 13.9. The van der Waals surface area contributed by atoms with E-state index in [2.05, 4.69) is 0 Å². The molecule has 10 heteroatoms. The number of nitro benzene ring substituents is 1. The number of nitro groups is 1. The lowest BCUT2D eigenvalue weighted by Crippen LogP contribution is -2.32. The van der Waals surface area contributed by atoms with Crippen LogP contribution in [0.3, 0.4) is 0 Å². The van der Waals surface area contributed by atoms with Gasteiger partial charge in [-0.05, 0) is 54.7 Å². The summed E-state index contributed by atoms with van der Waals surface area (Å²) in [7, 11) is 0. The van der Waals surface area contributed by atoms with Crippen molar-refractivity contribution in [2.75, 3.05) is 18.0 Å². The van der Waals surface area contributed by atoms with E-state index in [-0.39, 0.29) is 20.5 Å². The SMILES string of the molecule is CCc1ccc(-n2c(=O)/c(=C\c3ccc(N4CCCC4)c([N+](=O)[O-])c3)s/c2=C(/C#N)C(N)=O)cc1. The number of primary amides is 1. The number of anilines is 1. The third-order valence-corrected chi connectivity index (χ3v) is 7.03. The summed E-state index contributed by atoms with van der Waals surface area (Å²) in [5.74, 6) is -0.940. The van der Waals surface area contributed by atoms with Crippen LogP contribution in [0.5, 0.6) is 0 Å². The first-order valence-corrected chi connectivity index (χ1v) is 12.0. The van der Waals surface area contributed by atoms with E-state index in [9.17, 15) is 25.0 Å². The molecule has 2 aromatic carbocycles. The highest BCUT2D eigenvalue weighted by atomic mass is 32.1. The van der Waals surface area contributed by atoms with Crippen molar-refractivity contribution in [1.82, 2.24) is 4.57 Å². The second-order valence-corrected chi connectivity index (χ2v) is 9.16. The number of nitriles is 1. The molecule has 4 rings (SSSR count). The molecule has 0 spiro atoms. The molecule has 0 aliphatic carbocycles. The highest BCUT2D eigenvalue weighted by molar-refractivity contribution is 7.07. The number of amides is 1. The molecule has 1 aliphatic rings. The zero-order valence-electron chi connectivity index (χ0n) is 19.1. The summed E-state index contributed by atoms with van der Waals surface area (Å²) in [4.78, 5) is 38.7. The Hall–Kier alpha value is -4.23. The summed E-state index contributed by atoms with van der Waals surface area (Å²) < 4.78 is 1.62. The normalized spacial score (nSPS) is 14.6. The largest absolute Gasteiger partial charge is 0.366 e. The molecule has 1 amide bonds. The van der Waals surface area contributed by atoms with Gasteiger partial charge in [-0.15, -0.1) is 11.3 Å². The molecule has 0 unspecified atom stereocenters. The number of aryl methyl sites for hydroxylation is 1. The van der Waals surface area contributed by atoms with Crippen molar-refractivity contribution >= 4 is 40.3 Å². The lowest BCUT2D eigenvalue weighted by atomic mass is 10.1. The zero-order valence-corrected chi connectivity index (χ0v) is 19.9. The van der Waals surface area contributed by atoms with Gasteiger partial charge in [-0.2, -0.15) is 5.26 Å². The minimum atomic E-state index is -0.940. The molecule has 2 N–H and O–H groups in total. The Morgan fingerprint density at radius 1 is 1.23 bits per heavy atom. The Balaban J connectivity index is 1.94. The van der Waals surface area contributed by atoms with Crippen molar-refractivity contribution in [2.24, 2.45) is 5.73 Å². The first kappa shape index (κ1) is 23.9. The lowest BCUT2D eigenvalue weighted by Gasteiger charge is -2.17. The third kappa shape index (κ3) is 4.72. The minimum absolute atomic E-state index is 0.0330. The Morgan fingerprint density at radius 3 is 2.49 bits per heavy atom. The molecule has 1 aliphatic heterocycles. The number of carbonyl (C=O) groups is 1. The van der Waals surface area contributed by atoms with E-state index in [1.54, 1.807) is 30.3 Å². The quantitative estimate of drug-likeness (QED) is 0.415. The van der Waals surface area contributed by atoms with Crippen molar-refractivity contribution in [1.29, 1.82) is 5.26 Å². The lowest BCUT2D eigenvalue weighted by molar-refractivity contribution is -0.384. The minimum Gasteiger partial charge on any atom is -0.366 e. The highest BCUT2D eigenvalue weighted by Crippen LogP contribution is 2.31. The van der Waals surface area contributed by atoms with Gasteiger partial charge in [0.15, 0.2) is 5.57 Å². The highest BCUT2D eigenvalue weighted by Gasteiger charge is 2.22. The fraction of sp³-hybridized carbons (Fsp3) is 0.240. The topological polar surface area (TPSA) is 135 Å². The van der Waals surface area contributed by atoms with Gasteiger partial charge in [-0.1, -0.05) is 25.1 Å². The van der Waals surface area contributed by atoms with Crippen molar-refractivity contribution in [3.05, 3.63) is 83.3 Å². The number of thiazole rings is 1. The summed E-state index contributed by atoms with van der Waals surface area (Å²) >= 11 is 0.945. The van der Waals surface area contributed by atoms with E-state index in [1.807, 2.05) is 24.0 Å². The van der Waals surface area contributed by atoms with E-state index in [0.29, 0.717) is 16.9 Å². The number of nitrogens with two attached hydrogens (primary N) is 1. The predicted molar refractivity (Wildman–Crippen MR) is 135 cm³/mol. The van der Waals surface area contributed by atoms with E-state index in [0.717, 1.165) is 49.3 Å². The molecule has 35 heavy (non-hydrogen) atoms. The smallest absolute Gasteiger partial charge is 0.293 e. The molecule has 178 valence electrons.